The van der Waals surface area contributed by atoms with Crippen LogP contribution in [0, 0.1) is 11.3 Å². The first-order chi connectivity index (χ1) is 12.7. The van der Waals surface area contributed by atoms with E-state index in [0.717, 1.165) is 0 Å². The molecule has 0 atom stereocenters. The van der Waals surface area contributed by atoms with Gasteiger partial charge in [0.15, 0.2) is 0 Å². The highest BCUT2D eigenvalue weighted by molar-refractivity contribution is 8.04. The van der Waals surface area contributed by atoms with Crippen molar-refractivity contribution in [3.8, 4) is 11.8 Å². The van der Waals surface area contributed by atoms with E-state index >= 15 is 0 Å². The molecule has 1 N–H and O–H groups in total. The third-order valence-corrected chi connectivity index (χ3v) is 4.76. The minimum absolute atomic E-state index is 0.115. The van der Waals surface area contributed by atoms with E-state index in [4.69, 9.17) is 4.74 Å². The summed E-state index contributed by atoms with van der Waals surface area (Å²) in [5, 5.41) is 12.6. The second-order valence-corrected chi connectivity index (χ2v) is 6.26. The van der Waals surface area contributed by atoms with Crippen LogP contribution in [0.15, 0.2) is 65.2 Å². The molecular weight excluding hydrogens is 350 g/mol. The highest BCUT2D eigenvalue weighted by Crippen LogP contribution is 2.36. The Hall–Kier alpha value is -3.24. The van der Waals surface area contributed by atoms with Crippen molar-refractivity contribution in [1.82, 2.24) is 0 Å². The quantitative estimate of drug-likeness (QED) is 0.665. The van der Waals surface area contributed by atoms with Gasteiger partial charge in [0, 0.05) is 5.69 Å². The Morgan fingerprint density at radius 2 is 1.88 bits per heavy atom. The third-order valence-electron chi connectivity index (χ3n) is 3.71. The maximum atomic E-state index is 12.7. The van der Waals surface area contributed by atoms with Gasteiger partial charge in [0.2, 0.25) is 5.91 Å². The van der Waals surface area contributed by atoms with E-state index in [1.165, 1.54) is 23.8 Å². The largest absolute Gasteiger partial charge is 0.495 e. The zero-order valence-electron chi connectivity index (χ0n) is 13.9. The number of amides is 2. The number of nitrogens with one attached hydrogen (secondary N) is 1. The van der Waals surface area contributed by atoms with Gasteiger partial charge in [-0.1, -0.05) is 42.1 Å². The third kappa shape index (κ3) is 3.41. The lowest BCUT2D eigenvalue weighted by molar-refractivity contribution is -0.115. The molecule has 1 heterocycles. The molecule has 0 bridgehead atoms. The van der Waals surface area contributed by atoms with E-state index in [1.807, 2.05) is 12.1 Å². The number of nitrogens with zero attached hydrogens (tertiary/aromatic N) is 2. The number of hydrogen-bond acceptors (Lipinski definition) is 5. The lowest BCUT2D eigenvalue weighted by atomic mass is 10.2. The van der Waals surface area contributed by atoms with Crippen molar-refractivity contribution in [1.29, 1.82) is 5.26 Å². The van der Waals surface area contributed by atoms with Crippen molar-refractivity contribution in [2.45, 2.75) is 0 Å². The predicted molar refractivity (Wildman–Crippen MR) is 101 cm³/mol. The van der Waals surface area contributed by atoms with Crippen molar-refractivity contribution in [3.05, 3.63) is 65.2 Å². The summed E-state index contributed by atoms with van der Waals surface area (Å²) in [5.41, 5.74) is 0.958. The zero-order valence-corrected chi connectivity index (χ0v) is 14.7. The molecule has 0 spiro atoms. The Balaban J connectivity index is 1.97. The fraction of sp³-hybridized carbons (Fsp3) is 0.105. The average Bonchev–Trinajstić information content (AvgIpc) is 3.04. The number of hydrogen-bond donors (Lipinski definition) is 1. The zero-order chi connectivity index (χ0) is 18.5. The molecule has 3 rings (SSSR count). The number of nitriles is 1. The predicted octanol–water partition coefficient (Wildman–Crippen LogP) is 3.15. The number of carbonyl (C=O) groups is 2. The minimum Gasteiger partial charge on any atom is -0.495 e. The number of anilines is 2. The molecule has 6 nitrogen and oxygen atoms in total. The van der Waals surface area contributed by atoms with Crippen LogP contribution in [-0.2, 0) is 9.59 Å². The molecule has 2 aromatic carbocycles. The van der Waals surface area contributed by atoms with Crippen LogP contribution >= 0.6 is 11.8 Å². The number of thioether (sulfide) groups is 1. The van der Waals surface area contributed by atoms with Gasteiger partial charge in [0.25, 0.3) is 5.91 Å². The van der Waals surface area contributed by atoms with E-state index < -0.39 is 5.91 Å². The van der Waals surface area contributed by atoms with Crippen LogP contribution in [-0.4, -0.2) is 24.7 Å². The normalized spacial score (nSPS) is 15.4. The number of methoxy groups -OCH3 is 1. The van der Waals surface area contributed by atoms with Crippen molar-refractivity contribution in [2.75, 3.05) is 23.1 Å². The summed E-state index contributed by atoms with van der Waals surface area (Å²) in [7, 11) is 1.50. The molecule has 0 aromatic heterocycles. The summed E-state index contributed by atoms with van der Waals surface area (Å²) < 4.78 is 5.21. The first kappa shape index (κ1) is 17.6. The molecule has 0 aliphatic carbocycles. The molecule has 130 valence electrons. The van der Waals surface area contributed by atoms with E-state index in [1.54, 1.807) is 48.5 Å². The molecule has 1 aliphatic heterocycles. The lowest BCUT2D eigenvalue weighted by Crippen LogP contribution is -2.26. The van der Waals surface area contributed by atoms with Gasteiger partial charge in [-0.15, -0.1) is 0 Å². The van der Waals surface area contributed by atoms with Crippen LogP contribution in [0.5, 0.6) is 5.75 Å². The fourth-order valence-corrected chi connectivity index (χ4v) is 3.53. The van der Waals surface area contributed by atoms with Crippen LogP contribution in [0.1, 0.15) is 0 Å². The summed E-state index contributed by atoms with van der Waals surface area (Å²) in [5.74, 6) is -0.0977. The summed E-state index contributed by atoms with van der Waals surface area (Å²) >= 11 is 1.18. The van der Waals surface area contributed by atoms with Gasteiger partial charge < -0.3 is 10.1 Å². The molecule has 1 fully saturated rings. The number of carbonyl (C=O) groups excluding carboxylic acids is 2. The molecule has 1 aliphatic rings. The minimum atomic E-state index is -0.588. The maximum absolute atomic E-state index is 12.7. The molecule has 0 unspecified atom stereocenters. The standard InChI is InChI=1S/C19H15N3O3S/c1-25-16-10-6-5-9-15(16)21-18(24)14(11-20)19-22(17(23)12-26-19)13-7-3-2-4-8-13/h2-10H,12H2,1H3,(H,21,24)/b19-14-. The first-order valence-electron chi connectivity index (χ1n) is 7.75. The number of para-hydroxylation sites is 3. The van der Waals surface area contributed by atoms with Gasteiger partial charge in [0.1, 0.15) is 22.4 Å². The molecule has 2 amide bonds. The molecule has 1 saturated heterocycles. The van der Waals surface area contributed by atoms with Crippen molar-refractivity contribution in [3.63, 3.8) is 0 Å². The summed E-state index contributed by atoms with van der Waals surface area (Å²) in [4.78, 5) is 26.4. The maximum Gasteiger partial charge on any atom is 0.269 e. The van der Waals surface area contributed by atoms with E-state index in [9.17, 15) is 14.9 Å². The second kappa shape index (κ2) is 7.76. The van der Waals surface area contributed by atoms with Crippen molar-refractivity contribution >= 4 is 35.0 Å². The fourth-order valence-electron chi connectivity index (χ4n) is 2.52. The second-order valence-electron chi connectivity index (χ2n) is 5.30. The van der Waals surface area contributed by atoms with Crippen LogP contribution in [0.25, 0.3) is 0 Å². The summed E-state index contributed by atoms with van der Waals surface area (Å²) in [6, 6.07) is 17.8. The van der Waals surface area contributed by atoms with Gasteiger partial charge >= 0.3 is 0 Å². The van der Waals surface area contributed by atoms with Crippen molar-refractivity contribution in [2.24, 2.45) is 0 Å². The van der Waals surface area contributed by atoms with Crippen LogP contribution in [0.3, 0.4) is 0 Å². The van der Waals surface area contributed by atoms with Gasteiger partial charge in [-0.2, -0.15) is 5.26 Å². The smallest absolute Gasteiger partial charge is 0.269 e. The SMILES string of the molecule is COc1ccccc1NC(=O)/C(C#N)=C1\SCC(=O)N1c1ccccc1. The molecule has 7 heteroatoms. The van der Waals surface area contributed by atoms with E-state index in [-0.39, 0.29) is 17.2 Å². The lowest BCUT2D eigenvalue weighted by Gasteiger charge is -2.18. The van der Waals surface area contributed by atoms with Crippen LogP contribution < -0.4 is 15.0 Å². The number of benzene rings is 2. The van der Waals surface area contributed by atoms with Crippen molar-refractivity contribution < 1.29 is 14.3 Å². The van der Waals surface area contributed by atoms with E-state index in [0.29, 0.717) is 22.2 Å². The molecule has 26 heavy (non-hydrogen) atoms. The summed E-state index contributed by atoms with van der Waals surface area (Å²) in [6.45, 7) is 0. The summed E-state index contributed by atoms with van der Waals surface area (Å²) in [6.07, 6.45) is 0. The average molecular weight is 365 g/mol. The van der Waals surface area contributed by atoms with E-state index in [2.05, 4.69) is 5.32 Å². The van der Waals surface area contributed by atoms with Gasteiger partial charge in [0.05, 0.1) is 18.6 Å². The Morgan fingerprint density at radius 1 is 1.19 bits per heavy atom. The van der Waals surface area contributed by atoms with Crippen LogP contribution in [0.4, 0.5) is 11.4 Å². The Morgan fingerprint density at radius 3 is 2.58 bits per heavy atom. The molecular formula is C19H15N3O3S. The molecule has 0 saturated carbocycles. The topological polar surface area (TPSA) is 82.4 Å². The highest BCUT2D eigenvalue weighted by Gasteiger charge is 2.33. The van der Waals surface area contributed by atoms with Gasteiger partial charge in [-0.3, -0.25) is 14.5 Å². The Kier molecular flexibility index (Phi) is 5.25. The highest BCUT2D eigenvalue weighted by atomic mass is 32.2. The number of rotatable bonds is 4. The Bertz CT molecular complexity index is 919. The molecule has 2 aromatic rings. The van der Waals surface area contributed by atoms with Crippen LogP contribution in [0.2, 0.25) is 0 Å². The number of ether oxygens (including phenoxy) is 1. The molecule has 0 radical (unpaired) electrons. The van der Waals surface area contributed by atoms with Gasteiger partial charge in [-0.05, 0) is 24.3 Å². The monoisotopic (exact) mass is 365 g/mol. The van der Waals surface area contributed by atoms with Gasteiger partial charge in [-0.25, -0.2) is 0 Å². The Labute approximate surface area is 155 Å². The first-order valence-corrected chi connectivity index (χ1v) is 8.74.